The lowest BCUT2D eigenvalue weighted by Gasteiger charge is -2.19. The molecular formula is C12H25N3O2. The number of unbranched alkanes of at least 4 members (excludes halogenated alkanes) is 1. The van der Waals surface area contributed by atoms with Crippen LogP contribution in [0.4, 0.5) is 4.79 Å². The van der Waals surface area contributed by atoms with Gasteiger partial charge in [0.05, 0.1) is 0 Å². The van der Waals surface area contributed by atoms with E-state index in [0.29, 0.717) is 18.9 Å². The van der Waals surface area contributed by atoms with E-state index in [1.165, 1.54) is 0 Å². The van der Waals surface area contributed by atoms with E-state index in [4.69, 9.17) is 0 Å². The molecule has 0 aliphatic rings. The zero-order valence-corrected chi connectivity index (χ0v) is 11.3. The molecule has 0 aromatic heterocycles. The lowest BCUT2D eigenvalue weighted by molar-refractivity contribution is -0.122. The Hall–Kier alpha value is -1.26. The van der Waals surface area contributed by atoms with Crippen molar-refractivity contribution in [2.24, 2.45) is 5.92 Å². The normalized spacial score (nSPS) is 12.1. The highest BCUT2D eigenvalue weighted by molar-refractivity contribution is 5.86. The van der Waals surface area contributed by atoms with Crippen molar-refractivity contribution in [2.45, 2.75) is 46.1 Å². The maximum absolute atomic E-state index is 11.6. The number of hydrogen-bond donors (Lipinski definition) is 3. The van der Waals surface area contributed by atoms with Gasteiger partial charge in [0.25, 0.3) is 0 Å². The van der Waals surface area contributed by atoms with E-state index in [2.05, 4.69) is 22.9 Å². The molecule has 0 fully saturated rings. The lowest BCUT2D eigenvalue weighted by atomic mass is 10.0. The van der Waals surface area contributed by atoms with Crippen LogP contribution >= 0.6 is 0 Å². The third-order valence-corrected chi connectivity index (χ3v) is 2.39. The molecule has 3 N–H and O–H groups in total. The maximum atomic E-state index is 11.6. The molecular weight excluding hydrogens is 218 g/mol. The number of urea groups is 1. The maximum Gasteiger partial charge on any atom is 0.315 e. The Balaban J connectivity index is 4.13. The second-order valence-electron chi connectivity index (χ2n) is 4.55. The molecule has 0 saturated carbocycles. The SMILES string of the molecule is CCCCNC(=O)N[C@H](CC(C)C)C(=O)NC. The van der Waals surface area contributed by atoms with Crippen LogP contribution in [-0.4, -0.2) is 31.6 Å². The molecule has 0 saturated heterocycles. The first kappa shape index (κ1) is 15.7. The molecule has 0 spiro atoms. The highest BCUT2D eigenvalue weighted by atomic mass is 16.2. The summed E-state index contributed by atoms with van der Waals surface area (Å²) < 4.78 is 0. The van der Waals surface area contributed by atoms with Crippen LogP contribution < -0.4 is 16.0 Å². The second-order valence-corrected chi connectivity index (χ2v) is 4.55. The van der Waals surface area contributed by atoms with E-state index in [-0.39, 0.29) is 11.9 Å². The minimum atomic E-state index is -0.457. The zero-order chi connectivity index (χ0) is 13.3. The summed E-state index contributed by atoms with van der Waals surface area (Å²) in [6.45, 7) is 6.75. The number of nitrogens with one attached hydrogen (secondary N) is 3. The largest absolute Gasteiger partial charge is 0.357 e. The van der Waals surface area contributed by atoms with Crippen molar-refractivity contribution >= 4 is 11.9 Å². The van der Waals surface area contributed by atoms with Crippen LogP contribution in [0.5, 0.6) is 0 Å². The number of hydrogen-bond acceptors (Lipinski definition) is 2. The zero-order valence-electron chi connectivity index (χ0n) is 11.3. The summed E-state index contributed by atoms with van der Waals surface area (Å²) >= 11 is 0. The molecule has 0 aliphatic heterocycles. The molecule has 5 heteroatoms. The molecule has 0 bridgehead atoms. The predicted octanol–water partition coefficient (Wildman–Crippen LogP) is 1.25. The molecule has 0 aliphatic carbocycles. The summed E-state index contributed by atoms with van der Waals surface area (Å²) in [5.41, 5.74) is 0. The number of amides is 3. The molecule has 0 unspecified atom stereocenters. The van der Waals surface area contributed by atoms with Crippen molar-refractivity contribution in [3.63, 3.8) is 0 Å². The van der Waals surface area contributed by atoms with E-state index in [1.807, 2.05) is 13.8 Å². The third-order valence-electron chi connectivity index (χ3n) is 2.39. The molecule has 0 heterocycles. The number of rotatable bonds is 7. The molecule has 0 aromatic rings. The van der Waals surface area contributed by atoms with E-state index < -0.39 is 6.04 Å². The Kier molecular flexibility index (Phi) is 8.19. The fourth-order valence-electron chi connectivity index (χ4n) is 1.47. The number of likely N-dealkylation sites (N-methyl/N-ethyl adjacent to an activating group) is 1. The van der Waals surface area contributed by atoms with Crippen LogP contribution in [0, 0.1) is 5.92 Å². The van der Waals surface area contributed by atoms with Crippen LogP contribution in [0.1, 0.15) is 40.0 Å². The second kappa shape index (κ2) is 8.84. The van der Waals surface area contributed by atoms with Gasteiger partial charge in [-0.1, -0.05) is 27.2 Å². The van der Waals surface area contributed by atoms with Gasteiger partial charge in [-0.2, -0.15) is 0 Å². The first-order valence-corrected chi connectivity index (χ1v) is 6.27. The Morgan fingerprint density at radius 2 is 1.88 bits per heavy atom. The first-order valence-electron chi connectivity index (χ1n) is 6.27. The van der Waals surface area contributed by atoms with Gasteiger partial charge >= 0.3 is 6.03 Å². The van der Waals surface area contributed by atoms with Gasteiger partial charge in [-0.05, 0) is 18.8 Å². The van der Waals surface area contributed by atoms with Crippen LogP contribution in [0.3, 0.4) is 0 Å². The van der Waals surface area contributed by atoms with Crippen molar-refractivity contribution in [2.75, 3.05) is 13.6 Å². The molecule has 5 nitrogen and oxygen atoms in total. The molecule has 0 aromatic carbocycles. The molecule has 1 atom stereocenters. The monoisotopic (exact) mass is 243 g/mol. The molecule has 3 amide bonds. The highest BCUT2D eigenvalue weighted by Gasteiger charge is 2.20. The summed E-state index contributed by atoms with van der Waals surface area (Å²) in [5.74, 6) is 0.206. The minimum Gasteiger partial charge on any atom is -0.357 e. The van der Waals surface area contributed by atoms with Gasteiger partial charge in [-0.25, -0.2) is 4.79 Å². The minimum absolute atomic E-state index is 0.149. The topological polar surface area (TPSA) is 70.2 Å². The summed E-state index contributed by atoms with van der Waals surface area (Å²) in [6.07, 6.45) is 2.62. The molecule has 100 valence electrons. The summed E-state index contributed by atoms with van der Waals surface area (Å²) in [6, 6.07) is -0.727. The molecule has 17 heavy (non-hydrogen) atoms. The van der Waals surface area contributed by atoms with Gasteiger partial charge in [0.2, 0.25) is 5.91 Å². The van der Waals surface area contributed by atoms with Gasteiger partial charge in [-0.15, -0.1) is 0 Å². The van der Waals surface area contributed by atoms with E-state index in [0.717, 1.165) is 12.8 Å². The van der Waals surface area contributed by atoms with Crippen LogP contribution in [0.2, 0.25) is 0 Å². The fourth-order valence-corrected chi connectivity index (χ4v) is 1.47. The standard InChI is InChI=1S/C12H25N3O2/c1-5-6-7-14-12(17)15-10(8-9(2)3)11(16)13-4/h9-10H,5-8H2,1-4H3,(H,13,16)(H2,14,15,17)/t10-/m1/s1. The van der Waals surface area contributed by atoms with Gasteiger partial charge in [-0.3, -0.25) is 4.79 Å². The molecule has 0 radical (unpaired) electrons. The average molecular weight is 243 g/mol. The quantitative estimate of drug-likeness (QED) is 0.589. The fraction of sp³-hybridized carbons (Fsp3) is 0.833. The summed E-state index contributed by atoms with van der Waals surface area (Å²) in [4.78, 5) is 23.1. The van der Waals surface area contributed by atoms with E-state index >= 15 is 0 Å². The number of carbonyl (C=O) groups is 2. The molecule has 0 rings (SSSR count). The third kappa shape index (κ3) is 7.60. The summed E-state index contributed by atoms with van der Waals surface area (Å²) in [7, 11) is 1.58. The van der Waals surface area contributed by atoms with Crippen LogP contribution in [-0.2, 0) is 4.79 Å². The van der Waals surface area contributed by atoms with Gasteiger partial charge in [0.15, 0.2) is 0 Å². The number of carbonyl (C=O) groups excluding carboxylic acids is 2. The Bertz CT molecular complexity index is 242. The smallest absolute Gasteiger partial charge is 0.315 e. The lowest BCUT2D eigenvalue weighted by Crippen LogP contribution is -2.50. The van der Waals surface area contributed by atoms with Crippen molar-refractivity contribution in [3.05, 3.63) is 0 Å². The van der Waals surface area contributed by atoms with Crippen LogP contribution in [0.15, 0.2) is 0 Å². The van der Waals surface area contributed by atoms with Gasteiger partial charge in [0.1, 0.15) is 6.04 Å². The predicted molar refractivity (Wildman–Crippen MR) is 68.8 cm³/mol. The average Bonchev–Trinajstić information content (AvgIpc) is 2.27. The first-order chi connectivity index (χ1) is 8.01. The Labute approximate surface area is 104 Å². The van der Waals surface area contributed by atoms with Gasteiger partial charge < -0.3 is 16.0 Å². The van der Waals surface area contributed by atoms with Gasteiger partial charge in [0, 0.05) is 13.6 Å². The summed E-state index contributed by atoms with van der Waals surface area (Å²) in [5, 5.41) is 7.99. The van der Waals surface area contributed by atoms with E-state index in [9.17, 15) is 9.59 Å². The van der Waals surface area contributed by atoms with Crippen molar-refractivity contribution in [3.8, 4) is 0 Å². The van der Waals surface area contributed by atoms with Crippen molar-refractivity contribution in [1.82, 2.24) is 16.0 Å². The Morgan fingerprint density at radius 1 is 1.24 bits per heavy atom. The van der Waals surface area contributed by atoms with Crippen molar-refractivity contribution < 1.29 is 9.59 Å². The highest BCUT2D eigenvalue weighted by Crippen LogP contribution is 2.04. The van der Waals surface area contributed by atoms with Crippen molar-refractivity contribution in [1.29, 1.82) is 0 Å². The van der Waals surface area contributed by atoms with E-state index in [1.54, 1.807) is 7.05 Å². The van der Waals surface area contributed by atoms with Crippen LogP contribution in [0.25, 0.3) is 0 Å². The Morgan fingerprint density at radius 3 is 2.35 bits per heavy atom.